The van der Waals surface area contributed by atoms with E-state index >= 15 is 0 Å². The minimum Gasteiger partial charge on any atom is -0.387 e. The van der Waals surface area contributed by atoms with Gasteiger partial charge in [-0.05, 0) is 6.92 Å². The molecule has 17 nitrogen and oxygen atoms in total. The molecule has 0 spiro atoms. The lowest BCUT2D eigenvalue weighted by Crippen LogP contribution is -2.55. The number of aromatic amines is 1. The van der Waals surface area contributed by atoms with E-state index in [1.54, 1.807) is 0 Å². The minimum atomic E-state index is -5.78. The van der Waals surface area contributed by atoms with E-state index in [0.717, 1.165) is 23.8 Å². The van der Waals surface area contributed by atoms with Gasteiger partial charge in [-0.1, -0.05) is 5.92 Å². The van der Waals surface area contributed by atoms with Crippen LogP contribution in [0.1, 0.15) is 13.2 Å². The summed E-state index contributed by atoms with van der Waals surface area (Å²) in [6, 6.07) is 0.927. The lowest BCUT2D eigenvalue weighted by molar-refractivity contribution is -0.0755. The molecule has 180 valence electrons. The molecule has 1 saturated heterocycles. The number of nitrogens with zero attached hydrogens (tertiary/aromatic N) is 1. The molecule has 2 heterocycles. The van der Waals surface area contributed by atoms with E-state index < -0.39 is 64.8 Å². The number of aliphatic hydroxyl groups excluding tert-OH is 1. The standard InChI is InChI=1S/C12H18N3O14P3/c1-3-12(13)9(17)8(26-10(12)15-5-4-7(16)14-11(15)18)6(2)27-31(22,23)29-32(24,25)28-30(19,20)21/h1,4-6,8-10,17H,13H2,2H3,(H,22,23)(H,24,25)(H,14,16,18)(H2,19,20,21)/t6?,8-,9?,10-,12?/m1/s1. The molecule has 5 unspecified atom stereocenters. The Kier molecular flexibility index (Phi) is 7.58. The predicted octanol–water partition coefficient (Wildman–Crippen LogP) is -2.14. The van der Waals surface area contributed by atoms with Gasteiger partial charge in [0.1, 0.15) is 12.2 Å². The number of aliphatic hydroxyl groups is 1. The Bertz CT molecular complexity index is 1170. The number of rotatable bonds is 8. The third kappa shape index (κ3) is 6.10. The van der Waals surface area contributed by atoms with Crippen molar-refractivity contribution in [3.63, 3.8) is 0 Å². The number of nitrogens with one attached hydrogen (secondary N) is 1. The summed E-state index contributed by atoms with van der Waals surface area (Å²) in [7, 11) is -17.0. The van der Waals surface area contributed by atoms with E-state index in [4.69, 9.17) is 26.7 Å². The second-order valence-corrected chi connectivity index (χ2v) is 10.8. The van der Waals surface area contributed by atoms with Crippen LogP contribution in [-0.2, 0) is 31.6 Å². The molecule has 0 aliphatic carbocycles. The molecule has 0 amide bonds. The van der Waals surface area contributed by atoms with Crippen molar-refractivity contribution >= 4 is 23.5 Å². The molecule has 32 heavy (non-hydrogen) atoms. The van der Waals surface area contributed by atoms with Crippen LogP contribution in [0, 0.1) is 12.3 Å². The zero-order chi connectivity index (χ0) is 24.7. The molecule has 0 radical (unpaired) electrons. The van der Waals surface area contributed by atoms with Crippen LogP contribution in [0.5, 0.6) is 0 Å². The van der Waals surface area contributed by atoms with Crippen LogP contribution in [0.2, 0.25) is 0 Å². The molecule has 1 aliphatic rings. The topological polar surface area (TPSA) is 270 Å². The Morgan fingerprint density at radius 1 is 1.25 bits per heavy atom. The molecule has 0 bridgehead atoms. The van der Waals surface area contributed by atoms with Crippen LogP contribution >= 0.6 is 23.5 Å². The highest BCUT2D eigenvalue weighted by Gasteiger charge is 2.57. The predicted molar refractivity (Wildman–Crippen MR) is 101 cm³/mol. The first-order valence-electron chi connectivity index (χ1n) is 8.14. The van der Waals surface area contributed by atoms with Gasteiger partial charge in [0.2, 0.25) is 0 Å². The summed E-state index contributed by atoms with van der Waals surface area (Å²) < 4.78 is 52.0. The van der Waals surface area contributed by atoms with Crippen molar-refractivity contribution in [2.45, 2.75) is 37.0 Å². The van der Waals surface area contributed by atoms with Crippen LogP contribution in [0.25, 0.3) is 0 Å². The molecular formula is C12H18N3O14P3. The minimum absolute atomic E-state index is 0.738. The van der Waals surface area contributed by atoms with E-state index in [2.05, 4.69) is 13.1 Å². The Labute approximate surface area is 178 Å². The lowest BCUT2D eigenvalue weighted by Gasteiger charge is -2.28. The summed E-state index contributed by atoms with van der Waals surface area (Å²) in [6.45, 7) is 1.02. The van der Waals surface area contributed by atoms with Gasteiger partial charge in [-0.2, -0.15) is 8.62 Å². The average Bonchev–Trinajstić information content (AvgIpc) is 2.84. The zero-order valence-electron chi connectivity index (χ0n) is 15.8. The van der Waals surface area contributed by atoms with Crippen molar-refractivity contribution in [2.75, 3.05) is 0 Å². The zero-order valence-corrected chi connectivity index (χ0v) is 18.5. The van der Waals surface area contributed by atoms with Crippen molar-refractivity contribution in [2.24, 2.45) is 5.73 Å². The Morgan fingerprint density at radius 3 is 2.34 bits per heavy atom. The van der Waals surface area contributed by atoms with Gasteiger partial charge in [0.25, 0.3) is 5.56 Å². The van der Waals surface area contributed by atoms with Crippen molar-refractivity contribution in [3.8, 4) is 12.3 Å². The van der Waals surface area contributed by atoms with Gasteiger partial charge in [0, 0.05) is 12.3 Å². The van der Waals surface area contributed by atoms with Gasteiger partial charge >= 0.3 is 29.2 Å². The third-order valence-electron chi connectivity index (χ3n) is 4.03. The van der Waals surface area contributed by atoms with E-state index in [0.29, 0.717) is 0 Å². The van der Waals surface area contributed by atoms with Gasteiger partial charge in [-0.25, -0.2) is 18.5 Å². The van der Waals surface area contributed by atoms with Crippen LogP contribution in [0.15, 0.2) is 21.9 Å². The normalized spacial score (nSPS) is 30.8. The maximum absolute atomic E-state index is 12.1. The van der Waals surface area contributed by atoms with E-state index in [1.165, 1.54) is 0 Å². The van der Waals surface area contributed by atoms with Crippen LogP contribution in [0.4, 0.5) is 0 Å². The molecule has 1 aliphatic heterocycles. The molecule has 0 aromatic carbocycles. The van der Waals surface area contributed by atoms with Crippen molar-refractivity contribution in [3.05, 3.63) is 33.1 Å². The maximum atomic E-state index is 12.1. The van der Waals surface area contributed by atoms with E-state index in [9.17, 15) is 38.2 Å². The first kappa shape index (κ1) is 26.8. The monoisotopic (exact) mass is 521 g/mol. The Hall–Kier alpha value is -1.47. The smallest absolute Gasteiger partial charge is 0.387 e. The summed E-state index contributed by atoms with van der Waals surface area (Å²) in [6.07, 6.45) is -0.472. The fourth-order valence-electron chi connectivity index (χ4n) is 2.75. The average molecular weight is 521 g/mol. The molecule has 2 rings (SSSR count). The number of ether oxygens (including phenoxy) is 1. The van der Waals surface area contributed by atoms with Crippen molar-refractivity contribution in [1.82, 2.24) is 9.55 Å². The third-order valence-corrected chi connectivity index (χ3v) is 7.95. The molecule has 1 aromatic heterocycles. The first-order valence-corrected chi connectivity index (χ1v) is 12.7. The number of nitrogens with two attached hydrogens (primary N) is 1. The first-order chi connectivity index (χ1) is 14.4. The number of H-pyrrole nitrogens is 1. The number of hydrogen-bond acceptors (Lipinski definition) is 11. The molecule has 7 atom stereocenters. The molecule has 1 fully saturated rings. The highest BCUT2D eigenvalue weighted by molar-refractivity contribution is 7.66. The fourth-order valence-corrected chi connectivity index (χ4v) is 5.95. The summed E-state index contributed by atoms with van der Waals surface area (Å²) in [5.74, 6) is 2.03. The van der Waals surface area contributed by atoms with Gasteiger partial charge in [0.05, 0.1) is 6.10 Å². The second-order valence-electron chi connectivity index (χ2n) is 6.39. The van der Waals surface area contributed by atoms with Crippen molar-refractivity contribution in [1.29, 1.82) is 0 Å². The Balaban J connectivity index is 2.28. The van der Waals surface area contributed by atoms with E-state index in [-0.39, 0.29) is 0 Å². The molecule has 8 N–H and O–H groups in total. The number of terminal acetylenes is 1. The van der Waals surface area contributed by atoms with Gasteiger partial charge in [0.15, 0.2) is 11.8 Å². The largest absolute Gasteiger partial charge is 0.490 e. The van der Waals surface area contributed by atoms with Crippen LogP contribution < -0.4 is 17.0 Å². The molecule has 0 saturated carbocycles. The van der Waals surface area contributed by atoms with Gasteiger partial charge < -0.3 is 35.2 Å². The summed E-state index contributed by atoms with van der Waals surface area (Å²) >= 11 is 0. The van der Waals surface area contributed by atoms with Gasteiger partial charge in [-0.3, -0.25) is 18.9 Å². The van der Waals surface area contributed by atoms with Crippen LogP contribution in [0.3, 0.4) is 0 Å². The van der Waals surface area contributed by atoms with Gasteiger partial charge in [-0.15, -0.1) is 6.42 Å². The summed E-state index contributed by atoms with van der Waals surface area (Å²) in [5, 5.41) is 10.5. The lowest BCUT2D eigenvalue weighted by atomic mass is 9.90. The summed E-state index contributed by atoms with van der Waals surface area (Å²) in [4.78, 5) is 61.1. The Morgan fingerprint density at radius 2 is 1.84 bits per heavy atom. The number of phosphoric acid groups is 3. The molecular weight excluding hydrogens is 503 g/mol. The highest BCUT2D eigenvalue weighted by Crippen LogP contribution is 2.66. The molecule has 20 heteroatoms. The SMILES string of the molecule is C#CC1(N)C(O)[C@@H](C(C)OP(=O)(O)OP(=O)(O)OP(=O)(O)O)O[C@H]1n1ccc(=O)[nH]c1=O. The maximum Gasteiger partial charge on any atom is 0.490 e. The number of phosphoric ester groups is 1. The number of hydrogen-bond donors (Lipinski definition) is 7. The summed E-state index contributed by atoms with van der Waals surface area (Å²) in [5.41, 5.74) is 2.08. The highest BCUT2D eigenvalue weighted by atomic mass is 31.3. The number of aromatic nitrogens is 2. The second kappa shape index (κ2) is 9.05. The quantitative estimate of drug-likeness (QED) is 0.142. The van der Waals surface area contributed by atoms with Crippen molar-refractivity contribution < 1.29 is 56.3 Å². The fraction of sp³-hybridized carbons (Fsp3) is 0.500. The molecule has 1 aromatic rings. The van der Waals surface area contributed by atoms with Crippen LogP contribution in [-0.4, -0.2) is 58.1 Å². The van der Waals surface area contributed by atoms with E-state index in [1.807, 2.05) is 10.9 Å².